The van der Waals surface area contributed by atoms with E-state index in [2.05, 4.69) is 5.32 Å². The van der Waals surface area contributed by atoms with Crippen molar-refractivity contribution < 1.29 is 9.53 Å². The normalized spacial score (nSPS) is 14.5. The first-order valence-corrected chi connectivity index (χ1v) is 12.4. The Morgan fingerprint density at radius 3 is 2.32 bits per heavy atom. The third-order valence-electron chi connectivity index (χ3n) is 5.89. The third-order valence-corrected chi connectivity index (χ3v) is 5.89. The van der Waals surface area contributed by atoms with E-state index in [9.17, 15) is 4.79 Å². The van der Waals surface area contributed by atoms with Crippen molar-refractivity contribution in [3.8, 4) is 0 Å². The number of amides is 1. The van der Waals surface area contributed by atoms with Gasteiger partial charge in [0.05, 0.1) is 6.04 Å². The van der Waals surface area contributed by atoms with Gasteiger partial charge >= 0.3 is 0 Å². The molecule has 0 aliphatic heterocycles. The highest BCUT2D eigenvalue weighted by Crippen LogP contribution is 2.24. The summed E-state index contributed by atoms with van der Waals surface area (Å²) >= 11 is 0. The van der Waals surface area contributed by atoms with Crippen LogP contribution >= 0.6 is 0 Å². The summed E-state index contributed by atoms with van der Waals surface area (Å²) in [6, 6.07) is 7.38. The molecular weight excluding hydrogens is 386 g/mol. The standard InChI is InChI=1S/C24H39N3O2.C2H6/c1-2-22(23(25)26)27-24(28)21-15-13-19(14-16-21)10-6-4-3-5-9-17-29-18-20-11-7-8-12-20;1-2/h13-16,20,22H,2-12,17-18H2,1H3,(H3,25,26)(H,27,28);1-2H3. The topological polar surface area (TPSA) is 88.2 Å². The molecule has 1 atom stereocenters. The number of ether oxygens (including phenoxy) is 1. The van der Waals surface area contributed by atoms with E-state index >= 15 is 0 Å². The molecule has 0 bridgehead atoms. The average Bonchev–Trinajstić information content (AvgIpc) is 3.31. The summed E-state index contributed by atoms with van der Waals surface area (Å²) in [4.78, 5) is 12.2. The van der Waals surface area contributed by atoms with Crippen molar-refractivity contribution in [2.24, 2.45) is 11.7 Å². The van der Waals surface area contributed by atoms with Crippen molar-refractivity contribution in [3.63, 3.8) is 0 Å². The van der Waals surface area contributed by atoms with Crippen LogP contribution in [0.15, 0.2) is 24.3 Å². The Labute approximate surface area is 190 Å². The Bertz CT molecular complexity index is 610. The van der Waals surface area contributed by atoms with Gasteiger partial charge in [-0.3, -0.25) is 10.2 Å². The minimum atomic E-state index is -0.393. The molecule has 1 unspecified atom stereocenters. The van der Waals surface area contributed by atoms with Crippen molar-refractivity contribution in [2.45, 2.75) is 97.4 Å². The van der Waals surface area contributed by atoms with Gasteiger partial charge in [-0.25, -0.2) is 0 Å². The number of carbonyl (C=O) groups excluding carboxylic acids is 1. The Morgan fingerprint density at radius 2 is 1.71 bits per heavy atom. The van der Waals surface area contributed by atoms with Gasteiger partial charge in [-0.1, -0.05) is 65.0 Å². The SMILES string of the molecule is CC.CCC(NC(=O)c1ccc(CCCCCCCOCC2CCCC2)cc1)C(=N)N. The van der Waals surface area contributed by atoms with Crippen LogP contribution in [0.25, 0.3) is 0 Å². The minimum absolute atomic E-state index is 0.00199. The van der Waals surface area contributed by atoms with Crippen LogP contribution in [-0.4, -0.2) is 31.0 Å². The largest absolute Gasteiger partial charge is 0.386 e. The minimum Gasteiger partial charge on any atom is -0.386 e. The van der Waals surface area contributed by atoms with E-state index in [1.165, 1.54) is 63.4 Å². The van der Waals surface area contributed by atoms with E-state index in [4.69, 9.17) is 15.9 Å². The summed E-state index contributed by atoms with van der Waals surface area (Å²) in [5.74, 6) is 0.654. The van der Waals surface area contributed by atoms with Crippen LogP contribution in [0.5, 0.6) is 0 Å². The molecule has 1 aliphatic rings. The summed E-state index contributed by atoms with van der Waals surface area (Å²) < 4.78 is 5.82. The van der Waals surface area contributed by atoms with Gasteiger partial charge < -0.3 is 15.8 Å². The first-order valence-electron chi connectivity index (χ1n) is 12.4. The van der Waals surface area contributed by atoms with E-state index in [1.807, 2.05) is 45.0 Å². The zero-order chi connectivity index (χ0) is 22.9. The van der Waals surface area contributed by atoms with Crippen LogP contribution in [0.2, 0.25) is 0 Å². The van der Waals surface area contributed by atoms with Crippen molar-refractivity contribution in [1.82, 2.24) is 5.32 Å². The van der Waals surface area contributed by atoms with Gasteiger partial charge in [0.2, 0.25) is 0 Å². The van der Waals surface area contributed by atoms with Gasteiger partial charge in [-0.2, -0.15) is 0 Å². The molecule has 0 aromatic heterocycles. The molecule has 31 heavy (non-hydrogen) atoms. The third kappa shape index (κ3) is 11.3. The molecule has 1 fully saturated rings. The number of nitrogens with one attached hydrogen (secondary N) is 2. The maximum Gasteiger partial charge on any atom is 0.251 e. The lowest BCUT2D eigenvalue weighted by atomic mass is 10.0. The molecular formula is C26H45N3O2. The Balaban J connectivity index is 0.00000233. The number of carbonyl (C=O) groups is 1. The van der Waals surface area contributed by atoms with Crippen LogP contribution in [0.3, 0.4) is 0 Å². The Hall–Kier alpha value is -1.88. The van der Waals surface area contributed by atoms with Crippen molar-refractivity contribution >= 4 is 11.7 Å². The average molecular weight is 432 g/mol. The van der Waals surface area contributed by atoms with Crippen molar-refractivity contribution in [3.05, 3.63) is 35.4 Å². The molecule has 1 saturated carbocycles. The molecule has 1 aliphatic carbocycles. The predicted molar refractivity (Wildman–Crippen MR) is 131 cm³/mol. The molecule has 0 saturated heterocycles. The highest BCUT2D eigenvalue weighted by Gasteiger charge is 2.15. The number of unbranched alkanes of at least 4 members (excludes halogenated alkanes) is 4. The maximum atomic E-state index is 12.2. The van der Waals surface area contributed by atoms with Crippen molar-refractivity contribution in [2.75, 3.05) is 13.2 Å². The molecule has 1 aromatic rings. The van der Waals surface area contributed by atoms with E-state index in [0.717, 1.165) is 25.6 Å². The summed E-state index contributed by atoms with van der Waals surface area (Å²) in [6.45, 7) is 7.80. The fourth-order valence-corrected chi connectivity index (χ4v) is 3.95. The summed E-state index contributed by atoms with van der Waals surface area (Å²) in [6.07, 6.45) is 13.3. The number of benzene rings is 1. The second-order valence-electron chi connectivity index (χ2n) is 8.33. The maximum absolute atomic E-state index is 12.2. The van der Waals surface area contributed by atoms with E-state index in [0.29, 0.717) is 12.0 Å². The van der Waals surface area contributed by atoms with Gasteiger partial charge in [0.15, 0.2) is 0 Å². The van der Waals surface area contributed by atoms with Gasteiger partial charge in [0, 0.05) is 18.8 Å². The second kappa shape index (κ2) is 16.8. The highest BCUT2D eigenvalue weighted by molar-refractivity contribution is 5.97. The number of amidine groups is 1. The molecule has 0 spiro atoms. The summed E-state index contributed by atoms with van der Waals surface area (Å²) in [5.41, 5.74) is 7.38. The Morgan fingerprint density at radius 1 is 1.10 bits per heavy atom. The quantitative estimate of drug-likeness (QED) is 0.196. The number of aryl methyl sites for hydroxylation is 1. The van der Waals surface area contributed by atoms with Crippen LogP contribution in [-0.2, 0) is 11.2 Å². The molecule has 0 radical (unpaired) electrons. The van der Waals surface area contributed by atoms with Crippen molar-refractivity contribution in [1.29, 1.82) is 5.41 Å². The lowest BCUT2D eigenvalue weighted by Crippen LogP contribution is -2.43. The van der Waals surface area contributed by atoms with Gasteiger partial charge in [0.25, 0.3) is 5.91 Å². The summed E-state index contributed by atoms with van der Waals surface area (Å²) in [7, 11) is 0. The number of rotatable bonds is 14. The summed E-state index contributed by atoms with van der Waals surface area (Å²) in [5, 5.41) is 10.3. The van der Waals surface area contributed by atoms with Gasteiger partial charge in [-0.15, -0.1) is 0 Å². The fourth-order valence-electron chi connectivity index (χ4n) is 3.95. The molecule has 5 nitrogen and oxygen atoms in total. The van der Waals surface area contributed by atoms with Gasteiger partial charge in [-0.05, 0) is 62.1 Å². The zero-order valence-electron chi connectivity index (χ0n) is 20.1. The van der Waals surface area contributed by atoms with Crippen LogP contribution in [0.1, 0.15) is 101 Å². The lowest BCUT2D eigenvalue weighted by Gasteiger charge is -2.15. The molecule has 176 valence electrons. The lowest BCUT2D eigenvalue weighted by molar-refractivity contribution is 0.0945. The number of hydrogen-bond donors (Lipinski definition) is 3. The first kappa shape index (κ1) is 27.2. The Kier molecular flexibility index (Phi) is 14.7. The van der Waals surface area contributed by atoms with E-state index in [-0.39, 0.29) is 11.7 Å². The van der Waals surface area contributed by atoms with Crippen LogP contribution < -0.4 is 11.1 Å². The number of hydrogen-bond acceptors (Lipinski definition) is 3. The molecule has 5 heteroatoms. The molecule has 4 N–H and O–H groups in total. The monoisotopic (exact) mass is 431 g/mol. The molecule has 1 amide bonds. The van der Waals surface area contributed by atoms with E-state index < -0.39 is 6.04 Å². The molecule has 2 rings (SSSR count). The second-order valence-corrected chi connectivity index (χ2v) is 8.33. The van der Waals surface area contributed by atoms with Crippen LogP contribution in [0, 0.1) is 11.3 Å². The fraction of sp³-hybridized carbons (Fsp3) is 0.692. The zero-order valence-corrected chi connectivity index (χ0v) is 20.1. The van der Waals surface area contributed by atoms with E-state index in [1.54, 1.807) is 0 Å². The van der Waals surface area contributed by atoms with Crippen LogP contribution in [0.4, 0.5) is 0 Å². The first-order chi connectivity index (χ1) is 15.1. The molecule has 1 aromatic carbocycles. The number of nitrogens with two attached hydrogens (primary N) is 1. The smallest absolute Gasteiger partial charge is 0.251 e. The predicted octanol–water partition coefficient (Wildman–Crippen LogP) is 5.86. The van der Waals surface area contributed by atoms with Gasteiger partial charge in [0.1, 0.15) is 5.84 Å². The highest BCUT2D eigenvalue weighted by atomic mass is 16.5. The molecule has 0 heterocycles.